The second-order valence-corrected chi connectivity index (χ2v) is 8.67. The predicted molar refractivity (Wildman–Crippen MR) is 135 cm³/mol. The van der Waals surface area contributed by atoms with Gasteiger partial charge in [-0.15, -0.1) is 0 Å². The first-order chi connectivity index (χ1) is 16.8. The molecular weight excluding hydrogens is 446 g/mol. The van der Waals surface area contributed by atoms with E-state index in [-0.39, 0.29) is 0 Å². The molecule has 2 N–H and O–H groups in total. The summed E-state index contributed by atoms with van der Waals surface area (Å²) in [6.07, 6.45) is 1.70. The van der Waals surface area contributed by atoms with Gasteiger partial charge < -0.3 is 25.0 Å². The maximum atomic E-state index is 12.4. The normalized spacial score (nSPS) is 13.7. The third-order valence-corrected chi connectivity index (χ3v) is 5.54. The number of hydrogen-bond donors (Lipinski definition) is 2. The number of morpholine rings is 1. The van der Waals surface area contributed by atoms with Gasteiger partial charge in [-0.1, -0.05) is 12.1 Å². The van der Waals surface area contributed by atoms with E-state index in [1.54, 1.807) is 32.2 Å². The molecule has 35 heavy (non-hydrogen) atoms. The van der Waals surface area contributed by atoms with Crippen LogP contribution >= 0.6 is 0 Å². The largest absolute Gasteiger partial charge is 0.450 e. The van der Waals surface area contributed by atoms with Crippen molar-refractivity contribution in [3.63, 3.8) is 0 Å². The van der Waals surface area contributed by atoms with Gasteiger partial charge in [0.05, 0.1) is 18.9 Å². The van der Waals surface area contributed by atoms with Crippen molar-refractivity contribution in [1.82, 2.24) is 9.97 Å². The van der Waals surface area contributed by atoms with Crippen LogP contribution in [0.3, 0.4) is 0 Å². The molecule has 9 heteroatoms. The number of hydrogen-bond acceptors (Lipinski definition) is 8. The number of nitrogens with one attached hydrogen (secondary N) is 2. The minimum absolute atomic E-state index is 0.409. The summed E-state index contributed by atoms with van der Waals surface area (Å²) >= 11 is 0. The van der Waals surface area contributed by atoms with Gasteiger partial charge in [-0.25, -0.2) is 9.97 Å². The summed E-state index contributed by atoms with van der Waals surface area (Å²) in [4.78, 5) is 34.9. The van der Waals surface area contributed by atoms with Crippen LogP contribution in [-0.2, 0) is 19.1 Å². The number of anilines is 4. The summed E-state index contributed by atoms with van der Waals surface area (Å²) in [6.45, 7) is 7.65. The number of amides is 1. The molecular formula is C26H29N5O4. The molecule has 1 aliphatic rings. The van der Waals surface area contributed by atoms with Gasteiger partial charge in [0.15, 0.2) is 5.60 Å². The molecule has 1 aliphatic heterocycles. The van der Waals surface area contributed by atoms with Gasteiger partial charge in [0.2, 0.25) is 5.95 Å². The van der Waals surface area contributed by atoms with E-state index in [1.165, 1.54) is 6.92 Å². The van der Waals surface area contributed by atoms with Crippen LogP contribution in [0.4, 0.5) is 23.0 Å². The standard InChI is InChI=1S/C26H29N5O4/c1-18(32)35-26(2,3)24(33)28-20-6-4-19(5-7-20)23-12-13-27-25(30-23)29-21-8-10-22(11-9-21)31-14-16-34-17-15-31/h4-13H,14-17H2,1-3H3,(H,28,33)(H,27,29,30). The average Bonchev–Trinajstić information content (AvgIpc) is 2.85. The maximum Gasteiger partial charge on any atom is 0.303 e. The smallest absolute Gasteiger partial charge is 0.303 e. The Morgan fingerprint density at radius 3 is 2.29 bits per heavy atom. The van der Waals surface area contributed by atoms with E-state index in [0.717, 1.165) is 48.9 Å². The van der Waals surface area contributed by atoms with Crippen LogP contribution in [-0.4, -0.2) is 53.7 Å². The third-order valence-electron chi connectivity index (χ3n) is 5.54. The molecule has 0 radical (unpaired) electrons. The number of carbonyl (C=O) groups excluding carboxylic acids is 2. The van der Waals surface area contributed by atoms with Crippen molar-refractivity contribution in [2.24, 2.45) is 0 Å². The molecule has 1 fully saturated rings. The van der Waals surface area contributed by atoms with Crippen LogP contribution in [0.5, 0.6) is 0 Å². The lowest BCUT2D eigenvalue weighted by molar-refractivity contribution is -0.160. The molecule has 2 aromatic carbocycles. The molecule has 0 atom stereocenters. The van der Waals surface area contributed by atoms with Crippen molar-refractivity contribution >= 4 is 34.9 Å². The van der Waals surface area contributed by atoms with Gasteiger partial charge in [0, 0.05) is 48.8 Å². The van der Waals surface area contributed by atoms with Crippen molar-refractivity contribution in [1.29, 1.82) is 0 Å². The maximum absolute atomic E-state index is 12.4. The molecule has 2 heterocycles. The van der Waals surface area contributed by atoms with Crippen molar-refractivity contribution in [3.8, 4) is 11.3 Å². The summed E-state index contributed by atoms with van der Waals surface area (Å²) < 4.78 is 10.5. The van der Waals surface area contributed by atoms with E-state index in [4.69, 9.17) is 9.47 Å². The van der Waals surface area contributed by atoms with Crippen LogP contribution in [0, 0.1) is 0 Å². The third kappa shape index (κ3) is 6.33. The quantitative estimate of drug-likeness (QED) is 0.494. The number of carbonyl (C=O) groups is 2. The monoisotopic (exact) mass is 475 g/mol. The Labute approximate surface area is 204 Å². The van der Waals surface area contributed by atoms with Gasteiger partial charge in [-0.3, -0.25) is 9.59 Å². The number of nitrogens with zero attached hydrogens (tertiary/aromatic N) is 3. The zero-order valence-electron chi connectivity index (χ0n) is 20.1. The van der Waals surface area contributed by atoms with E-state index >= 15 is 0 Å². The zero-order chi connectivity index (χ0) is 24.8. The zero-order valence-corrected chi connectivity index (χ0v) is 20.1. The molecule has 1 amide bonds. The van der Waals surface area contributed by atoms with E-state index in [2.05, 4.69) is 37.6 Å². The lowest BCUT2D eigenvalue weighted by Gasteiger charge is -2.28. The number of aromatic nitrogens is 2. The number of rotatable bonds is 7. The Hall–Kier alpha value is -3.98. The lowest BCUT2D eigenvalue weighted by Crippen LogP contribution is -2.41. The van der Waals surface area contributed by atoms with E-state index in [1.807, 2.05) is 30.3 Å². The highest BCUT2D eigenvalue weighted by Crippen LogP contribution is 2.24. The molecule has 0 spiro atoms. The molecule has 182 valence electrons. The Kier molecular flexibility index (Phi) is 7.26. The first kappa shape index (κ1) is 24.2. The summed E-state index contributed by atoms with van der Waals surface area (Å²) in [5.74, 6) is -0.433. The van der Waals surface area contributed by atoms with Gasteiger partial charge in [0.25, 0.3) is 5.91 Å². The van der Waals surface area contributed by atoms with E-state index in [0.29, 0.717) is 11.6 Å². The van der Waals surface area contributed by atoms with Gasteiger partial charge in [-0.05, 0) is 56.3 Å². The first-order valence-electron chi connectivity index (χ1n) is 11.4. The Balaban J connectivity index is 1.40. The van der Waals surface area contributed by atoms with Crippen molar-refractivity contribution in [2.75, 3.05) is 41.8 Å². The van der Waals surface area contributed by atoms with E-state index in [9.17, 15) is 9.59 Å². The van der Waals surface area contributed by atoms with Crippen molar-refractivity contribution < 1.29 is 19.1 Å². The lowest BCUT2D eigenvalue weighted by atomic mass is 10.1. The minimum Gasteiger partial charge on any atom is -0.450 e. The van der Waals surface area contributed by atoms with Gasteiger partial charge >= 0.3 is 5.97 Å². The fourth-order valence-corrected chi connectivity index (χ4v) is 3.70. The van der Waals surface area contributed by atoms with Gasteiger partial charge in [0.1, 0.15) is 0 Å². The predicted octanol–water partition coefficient (Wildman–Crippen LogP) is 4.00. The molecule has 0 aliphatic carbocycles. The Morgan fingerprint density at radius 1 is 0.971 bits per heavy atom. The summed E-state index contributed by atoms with van der Waals surface area (Å²) in [6, 6.07) is 17.3. The molecule has 9 nitrogen and oxygen atoms in total. The fraction of sp³-hybridized carbons (Fsp3) is 0.308. The highest BCUT2D eigenvalue weighted by atomic mass is 16.6. The van der Waals surface area contributed by atoms with Crippen LogP contribution in [0.2, 0.25) is 0 Å². The first-order valence-corrected chi connectivity index (χ1v) is 11.4. The van der Waals surface area contributed by atoms with Crippen LogP contribution in [0.25, 0.3) is 11.3 Å². The number of esters is 1. The summed E-state index contributed by atoms with van der Waals surface area (Å²) in [5.41, 5.74) is 3.00. The topological polar surface area (TPSA) is 106 Å². The number of benzene rings is 2. The van der Waals surface area contributed by atoms with E-state index < -0.39 is 17.5 Å². The fourth-order valence-electron chi connectivity index (χ4n) is 3.70. The van der Waals surface area contributed by atoms with Crippen molar-refractivity contribution in [2.45, 2.75) is 26.4 Å². The second-order valence-electron chi connectivity index (χ2n) is 8.67. The molecule has 1 aromatic heterocycles. The minimum atomic E-state index is -1.27. The van der Waals surface area contributed by atoms with Crippen molar-refractivity contribution in [3.05, 3.63) is 60.8 Å². The Morgan fingerprint density at radius 2 is 1.63 bits per heavy atom. The van der Waals surface area contributed by atoms with Crippen LogP contribution in [0.1, 0.15) is 20.8 Å². The molecule has 0 saturated carbocycles. The molecule has 0 bridgehead atoms. The van der Waals surface area contributed by atoms with Crippen LogP contribution in [0.15, 0.2) is 60.8 Å². The highest BCUT2D eigenvalue weighted by Gasteiger charge is 2.31. The summed E-state index contributed by atoms with van der Waals surface area (Å²) in [5, 5.41) is 6.02. The second kappa shape index (κ2) is 10.5. The highest BCUT2D eigenvalue weighted by molar-refractivity contribution is 5.98. The van der Waals surface area contributed by atoms with Crippen LogP contribution < -0.4 is 15.5 Å². The molecule has 3 aromatic rings. The van der Waals surface area contributed by atoms with Gasteiger partial charge in [-0.2, -0.15) is 0 Å². The SMILES string of the molecule is CC(=O)OC(C)(C)C(=O)Nc1ccc(-c2ccnc(Nc3ccc(N4CCOCC4)cc3)n2)cc1. The number of ether oxygens (including phenoxy) is 2. The molecule has 4 rings (SSSR count). The summed E-state index contributed by atoms with van der Waals surface area (Å²) in [7, 11) is 0. The molecule has 1 saturated heterocycles. The average molecular weight is 476 g/mol. The molecule has 0 unspecified atom stereocenters. The Bertz CT molecular complexity index is 1170.